The lowest BCUT2D eigenvalue weighted by molar-refractivity contribution is -0.274. The second kappa shape index (κ2) is 3.43. The Hall–Kier alpha value is -1.19. The molecule has 1 aromatic rings. The molecule has 1 nitrogen and oxygen atoms in total. The molecule has 1 aromatic carbocycles. The second-order valence-corrected chi connectivity index (χ2v) is 3.78. The first-order chi connectivity index (χ1) is 6.96. The summed E-state index contributed by atoms with van der Waals surface area (Å²) in [5.41, 5.74) is 3.07. The highest BCUT2D eigenvalue weighted by Gasteiger charge is 2.31. The molecule has 0 atom stereocenters. The van der Waals surface area contributed by atoms with Crippen LogP contribution in [0.4, 0.5) is 13.2 Å². The van der Waals surface area contributed by atoms with Crippen molar-refractivity contribution >= 4 is 0 Å². The maximum atomic E-state index is 12.0. The Morgan fingerprint density at radius 3 is 2.60 bits per heavy atom. The molecule has 0 aromatic heterocycles. The van der Waals surface area contributed by atoms with E-state index in [4.69, 9.17) is 0 Å². The molecule has 0 fully saturated rings. The number of alkyl halides is 3. The summed E-state index contributed by atoms with van der Waals surface area (Å²) in [4.78, 5) is 0. The third-order valence-corrected chi connectivity index (χ3v) is 2.65. The molecule has 82 valence electrons. The van der Waals surface area contributed by atoms with E-state index in [-0.39, 0.29) is 5.75 Å². The van der Waals surface area contributed by atoms with Crippen molar-refractivity contribution in [3.63, 3.8) is 0 Å². The Labute approximate surface area is 85.9 Å². The molecule has 0 N–H and O–H groups in total. The minimum atomic E-state index is -4.60. The van der Waals surface area contributed by atoms with Gasteiger partial charge in [0.2, 0.25) is 0 Å². The van der Waals surface area contributed by atoms with Crippen LogP contribution in [0.2, 0.25) is 0 Å². The van der Waals surface area contributed by atoms with E-state index in [1.54, 1.807) is 0 Å². The molecule has 4 heteroatoms. The molecule has 0 aliphatic heterocycles. The molecule has 0 amide bonds. The van der Waals surface area contributed by atoms with Gasteiger partial charge in [-0.05, 0) is 55.0 Å². The molecule has 0 radical (unpaired) electrons. The molecular formula is C11H11F3O. The molecule has 0 spiro atoms. The van der Waals surface area contributed by atoms with E-state index >= 15 is 0 Å². The number of hydrogen-bond acceptors (Lipinski definition) is 1. The normalized spacial score (nSPS) is 15.2. The number of hydrogen-bond donors (Lipinski definition) is 0. The second-order valence-electron chi connectivity index (χ2n) is 3.78. The van der Waals surface area contributed by atoms with Gasteiger partial charge < -0.3 is 4.74 Å². The van der Waals surface area contributed by atoms with Crippen LogP contribution in [-0.4, -0.2) is 6.36 Å². The topological polar surface area (TPSA) is 9.23 Å². The van der Waals surface area contributed by atoms with Crippen LogP contribution >= 0.6 is 0 Å². The Kier molecular flexibility index (Phi) is 2.37. The highest BCUT2D eigenvalue weighted by atomic mass is 19.4. The van der Waals surface area contributed by atoms with Gasteiger partial charge in [-0.15, -0.1) is 13.2 Å². The third kappa shape index (κ3) is 2.25. The summed E-state index contributed by atoms with van der Waals surface area (Å²) < 4.78 is 39.9. The fourth-order valence-electron chi connectivity index (χ4n) is 2.08. The summed E-state index contributed by atoms with van der Waals surface area (Å²) in [5.74, 6) is -0.0966. The lowest BCUT2D eigenvalue weighted by Crippen LogP contribution is -2.17. The van der Waals surface area contributed by atoms with Crippen molar-refractivity contribution in [2.75, 3.05) is 0 Å². The minimum Gasteiger partial charge on any atom is -0.406 e. The number of rotatable bonds is 1. The van der Waals surface area contributed by atoms with E-state index in [0.29, 0.717) is 0 Å². The number of halogens is 3. The van der Waals surface area contributed by atoms with Crippen molar-refractivity contribution in [3.8, 4) is 5.75 Å². The van der Waals surface area contributed by atoms with E-state index in [0.717, 1.165) is 30.4 Å². The van der Waals surface area contributed by atoms with Gasteiger partial charge in [-0.2, -0.15) is 0 Å². The Morgan fingerprint density at radius 2 is 1.93 bits per heavy atom. The molecule has 1 aliphatic rings. The van der Waals surface area contributed by atoms with E-state index in [9.17, 15) is 13.2 Å². The van der Waals surface area contributed by atoms with Crippen LogP contribution in [0, 0.1) is 6.92 Å². The lowest BCUT2D eigenvalue weighted by Gasteiger charge is -2.12. The summed E-state index contributed by atoms with van der Waals surface area (Å²) in [6, 6.07) is 2.96. The predicted molar refractivity (Wildman–Crippen MR) is 49.9 cm³/mol. The SMILES string of the molecule is Cc1cc(OC(F)(F)F)cc2c1CCC2. The minimum absolute atomic E-state index is 0.0966. The zero-order chi connectivity index (χ0) is 11.1. The number of fused-ring (bicyclic) bond motifs is 1. The van der Waals surface area contributed by atoms with Crippen LogP contribution in [-0.2, 0) is 12.8 Å². The first kappa shape index (κ1) is 10.3. The van der Waals surface area contributed by atoms with Crippen molar-refractivity contribution in [1.29, 1.82) is 0 Å². The van der Waals surface area contributed by atoms with E-state index < -0.39 is 6.36 Å². The van der Waals surface area contributed by atoms with Gasteiger partial charge >= 0.3 is 6.36 Å². The molecule has 0 saturated heterocycles. The van der Waals surface area contributed by atoms with Gasteiger partial charge in [-0.1, -0.05) is 0 Å². The molecule has 0 unspecified atom stereocenters. The average molecular weight is 216 g/mol. The van der Waals surface area contributed by atoms with Gasteiger partial charge in [-0.25, -0.2) is 0 Å². The molecule has 0 heterocycles. The largest absolute Gasteiger partial charge is 0.573 e. The smallest absolute Gasteiger partial charge is 0.406 e. The zero-order valence-electron chi connectivity index (χ0n) is 8.32. The highest BCUT2D eigenvalue weighted by molar-refractivity contribution is 5.44. The predicted octanol–water partition coefficient (Wildman–Crippen LogP) is 3.38. The number of ether oxygens (including phenoxy) is 1. The number of aryl methyl sites for hydroxylation is 2. The summed E-state index contributed by atoms with van der Waals surface area (Å²) >= 11 is 0. The van der Waals surface area contributed by atoms with E-state index in [2.05, 4.69) is 4.74 Å². The van der Waals surface area contributed by atoms with Crippen molar-refractivity contribution < 1.29 is 17.9 Å². The first-order valence-corrected chi connectivity index (χ1v) is 4.84. The molecule has 15 heavy (non-hydrogen) atoms. The molecular weight excluding hydrogens is 205 g/mol. The van der Waals surface area contributed by atoms with Crippen LogP contribution < -0.4 is 4.74 Å². The molecule has 0 bridgehead atoms. The molecule has 1 aliphatic carbocycles. The summed E-state index contributed by atoms with van der Waals surface area (Å²) in [6.07, 6.45) is -1.76. The third-order valence-electron chi connectivity index (χ3n) is 2.65. The summed E-state index contributed by atoms with van der Waals surface area (Å²) in [5, 5.41) is 0. The van der Waals surface area contributed by atoms with Gasteiger partial charge in [0, 0.05) is 0 Å². The Morgan fingerprint density at radius 1 is 1.20 bits per heavy atom. The van der Waals surface area contributed by atoms with Crippen molar-refractivity contribution in [3.05, 3.63) is 28.8 Å². The standard InChI is InChI=1S/C11H11F3O/c1-7-5-9(15-11(12,13)14)6-8-3-2-4-10(7)8/h5-6H,2-4H2,1H3. The van der Waals surface area contributed by atoms with Crippen LogP contribution in [0.25, 0.3) is 0 Å². The van der Waals surface area contributed by atoms with Gasteiger partial charge in [-0.3, -0.25) is 0 Å². The number of benzene rings is 1. The monoisotopic (exact) mass is 216 g/mol. The summed E-state index contributed by atoms with van der Waals surface area (Å²) in [7, 11) is 0. The van der Waals surface area contributed by atoms with Crippen LogP contribution in [0.5, 0.6) is 5.75 Å². The van der Waals surface area contributed by atoms with E-state index in [1.807, 2.05) is 6.92 Å². The lowest BCUT2D eigenvalue weighted by atomic mass is 10.0. The zero-order valence-corrected chi connectivity index (χ0v) is 8.32. The van der Waals surface area contributed by atoms with E-state index in [1.165, 1.54) is 17.7 Å². The van der Waals surface area contributed by atoms with Crippen molar-refractivity contribution in [2.24, 2.45) is 0 Å². The van der Waals surface area contributed by atoms with Crippen LogP contribution in [0.1, 0.15) is 23.1 Å². The average Bonchev–Trinajstić information content (AvgIpc) is 2.48. The van der Waals surface area contributed by atoms with Crippen molar-refractivity contribution in [2.45, 2.75) is 32.5 Å². The summed E-state index contributed by atoms with van der Waals surface area (Å²) in [6.45, 7) is 1.83. The van der Waals surface area contributed by atoms with Crippen LogP contribution in [0.15, 0.2) is 12.1 Å². The Bertz CT molecular complexity index is 382. The van der Waals surface area contributed by atoms with Gasteiger partial charge in [0.25, 0.3) is 0 Å². The van der Waals surface area contributed by atoms with Gasteiger partial charge in [0.05, 0.1) is 0 Å². The molecule has 2 rings (SSSR count). The maximum absolute atomic E-state index is 12.0. The Balaban J connectivity index is 2.32. The maximum Gasteiger partial charge on any atom is 0.573 e. The van der Waals surface area contributed by atoms with Gasteiger partial charge in [0.15, 0.2) is 0 Å². The quantitative estimate of drug-likeness (QED) is 0.699. The van der Waals surface area contributed by atoms with Gasteiger partial charge in [0.1, 0.15) is 5.75 Å². The first-order valence-electron chi connectivity index (χ1n) is 4.84. The fourth-order valence-corrected chi connectivity index (χ4v) is 2.08. The van der Waals surface area contributed by atoms with Crippen LogP contribution in [0.3, 0.4) is 0 Å². The molecule has 0 saturated carbocycles. The van der Waals surface area contributed by atoms with Crippen molar-refractivity contribution in [1.82, 2.24) is 0 Å². The fraction of sp³-hybridized carbons (Fsp3) is 0.455. The highest BCUT2D eigenvalue weighted by Crippen LogP contribution is 2.32.